The van der Waals surface area contributed by atoms with Crippen molar-refractivity contribution in [2.45, 2.75) is 27.7 Å². The lowest BCUT2D eigenvalue weighted by Crippen LogP contribution is -2.35. The van der Waals surface area contributed by atoms with E-state index in [2.05, 4.69) is 33.9 Å². The maximum atomic E-state index is 5.79. The van der Waals surface area contributed by atoms with E-state index in [9.17, 15) is 0 Å². The van der Waals surface area contributed by atoms with Crippen molar-refractivity contribution in [3.8, 4) is 0 Å². The third kappa shape index (κ3) is 2.88. The lowest BCUT2D eigenvalue weighted by Gasteiger charge is -1.92. The minimum atomic E-state index is 0.820. The molecule has 1 heterocycles. The van der Waals surface area contributed by atoms with Gasteiger partial charge in [0.05, 0.1) is 0 Å². The summed E-state index contributed by atoms with van der Waals surface area (Å²) in [6, 6.07) is 0. The Kier molecular flexibility index (Phi) is 4.33. The number of hydrogen-bond donors (Lipinski definition) is 0. The van der Waals surface area contributed by atoms with Crippen LogP contribution in [0.15, 0.2) is 28.2 Å². The largest absolute Gasteiger partial charge is 0.456 e. The van der Waals surface area contributed by atoms with Gasteiger partial charge in [-0.1, -0.05) is 30.9 Å². The second-order valence-corrected chi connectivity index (χ2v) is 4.24. The van der Waals surface area contributed by atoms with Crippen molar-refractivity contribution >= 4 is 24.8 Å². The standard InChI is InChI=1S/C16H20O/c1-7-9-15-14(8-2)13(6)16(17-15)10-12(5)11(3)4/h7-10H,1,6H2,2-5H3/b14-8-,15-9+,16-10+. The molecular weight excluding hydrogens is 208 g/mol. The molecule has 1 aromatic rings. The molecule has 1 rings (SSSR count). The van der Waals surface area contributed by atoms with Gasteiger partial charge >= 0.3 is 0 Å². The van der Waals surface area contributed by atoms with Gasteiger partial charge in [-0.15, -0.1) is 0 Å². The minimum absolute atomic E-state index is 0.820. The summed E-state index contributed by atoms with van der Waals surface area (Å²) in [5, 5.41) is 1.97. The number of furan rings is 1. The Hall–Kier alpha value is -1.76. The number of hydrogen-bond acceptors (Lipinski definition) is 1. The molecule has 0 aliphatic heterocycles. The van der Waals surface area contributed by atoms with E-state index >= 15 is 0 Å². The lowest BCUT2D eigenvalue weighted by molar-refractivity contribution is 0.498. The third-order valence-electron chi connectivity index (χ3n) is 2.80. The van der Waals surface area contributed by atoms with Crippen LogP contribution >= 0.6 is 0 Å². The van der Waals surface area contributed by atoms with Crippen LogP contribution in [-0.4, -0.2) is 0 Å². The second kappa shape index (κ2) is 5.53. The van der Waals surface area contributed by atoms with E-state index in [4.69, 9.17) is 4.42 Å². The van der Waals surface area contributed by atoms with Crippen molar-refractivity contribution in [2.24, 2.45) is 0 Å². The van der Waals surface area contributed by atoms with E-state index in [0.29, 0.717) is 0 Å². The summed E-state index contributed by atoms with van der Waals surface area (Å²) in [4.78, 5) is 0. The van der Waals surface area contributed by atoms with Gasteiger partial charge in [-0.2, -0.15) is 0 Å². The highest BCUT2D eigenvalue weighted by atomic mass is 16.3. The molecule has 0 bridgehead atoms. The summed E-state index contributed by atoms with van der Waals surface area (Å²) >= 11 is 0. The Labute approximate surface area is 102 Å². The monoisotopic (exact) mass is 228 g/mol. The molecule has 90 valence electrons. The molecular formula is C16H20O. The molecule has 0 aliphatic rings. The van der Waals surface area contributed by atoms with E-state index in [1.165, 1.54) is 11.1 Å². The zero-order chi connectivity index (χ0) is 13.0. The molecule has 17 heavy (non-hydrogen) atoms. The number of rotatable bonds is 2. The summed E-state index contributed by atoms with van der Waals surface area (Å²) in [6.07, 6.45) is 7.63. The van der Waals surface area contributed by atoms with Crippen molar-refractivity contribution in [3.63, 3.8) is 0 Å². The van der Waals surface area contributed by atoms with Gasteiger partial charge in [0.2, 0.25) is 0 Å². The van der Waals surface area contributed by atoms with Gasteiger partial charge in [0.15, 0.2) is 0 Å². The second-order valence-electron chi connectivity index (χ2n) is 4.24. The van der Waals surface area contributed by atoms with Gasteiger partial charge in [0.25, 0.3) is 0 Å². The fraction of sp³-hybridized carbons (Fsp3) is 0.250. The third-order valence-corrected chi connectivity index (χ3v) is 2.80. The molecule has 0 aromatic carbocycles. The maximum Gasteiger partial charge on any atom is 0.135 e. The molecule has 0 spiro atoms. The summed E-state index contributed by atoms with van der Waals surface area (Å²) in [5.41, 5.74) is 4.12. The molecule has 0 unspecified atom stereocenters. The van der Waals surface area contributed by atoms with Crippen molar-refractivity contribution in [1.29, 1.82) is 0 Å². The normalized spacial score (nSPS) is 14.2. The fourth-order valence-electron chi connectivity index (χ4n) is 1.52. The zero-order valence-corrected chi connectivity index (χ0v) is 11.1. The summed E-state index contributed by atoms with van der Waals surface area (Å²) in [6.45, 7) is 16.0. The SMILES string of the molecule is C=C/C=c1/o/c(=C/C(C)=C(C)C)c(=C)/c1=C/C. The first-order valence-electron chi connectivity index (χ1n) is 5.74. The molecule has 0 saturated carbocycles. The Morgan fingerprint density at radius 1 is 1.18 bits per heavy atom. The highest BCUT2D eigenvalue weighted by Crippen LogP contribution is 2.01. The highest BCUT2D eigenvalue weighted by Gasteiger charge is 1.96. The van der Waals surface area contributed by atoms with Crippen LogP contribution in [0.5, 0.6) is 0 Å². The van der Waals surface area contributed by atoms with Crippen LogP contribution in [0, 0.1) is 0 Å². The van der Waals surface area contributed by atoms with Gasteiger partial charge in [-0.25, -0.2) is 0 Å². The van der Waals surface area contributed by atoms with Crippen molar-refractivity contribution in [1.82, 2.24) is 0 Å². The van der Waals surface area contributed by atoms with Gasteiger partial charge in [0.1, 0.15) is 10.8 Å². The van der Waals surface area contributed by atoms with Gasteiger partial charge in [-0.05, 0) is 45.4 Å². The van der Waals surface area contributed by atoms with Crippen LogP contribution in [0.25, 0.3) is 24.8 Å². The van der Waals surface area contributed by atoms with Gasteiger partial charge in [-0.3, -0.25) is 0 Å². The summed E-state index contributed by atoms with van der Waals surface area (Å²) in [5.74, 6) is 0. The van der Waals surface area contributed by atoms with Crippen LogP contribution in [0.2, 0.25) is 0 Å². The van der Waals surface area contributed by atoms with Crippen molar-refractivity contribution in [3.05, 3.63) is 45.1 Å². The molecule has 0 radical (unpaired) electrons. The Balaban J connectivity index is 3.74. The van der Waals surface area contributed by atoms with Crippen molar-refractivity contribution < 1.29 is 4.42 Å². The van der Waals surface area contributed by atoms with Crippen LogP contribution in [0.3, 0.4) is 0 Å². The predicted molar refractivity (Wildman–Crippen MR) is 76.0 cm³/mol. The fourth-order valence-corrected chi connectivity index (χ4v) is 1.52. The first-order chi connectivity index (χ1) is 8.01. The topological polar surface area (TPSA) is 13.1 Å². The molecule has 0 N–H and O–H groups in total. The molecule has 1 heteroatoms. The smallest absolute Gasteiger partial charge is 0.135 e. The average molecular weight is 228 g/mol. The summed E-state index contributed by atoms with van der Waals surface area (Å²) in [7, 11) is 0. The quantitative estimate of drug-likeness (QED) is 0.749. The van der Waals surface area contributed by atoms with E-state index in [1.54, 1.807) is 6.08 Å². The Morgan fingerprint density at radius 2 is 1.82 bits per heavy atom. The highest BCUT2D eigenvalue weighted by molar-refractivity contribution is 5.46. The Morgan fingerprint density at radius 3 is 2.29 bits per heavy atom. The lowest BCUT2D eigenvalue weighted by atomic mass is 10.1. The van der Waals surface area contributed by atoms with E-state index < -0.39 is 0 Å². The first kappa shape index (κ1) is 13.3. The maximum absolute atomic E-state index is 5.79. The van der Waals surface area contributed by atoms with Crippen LogP contribution in [0.4, 0.5) is 0 Å². The zero-order valence-electron chi connectivity index (χ0n) is 11.1. The Bertz CT molecular complexity index is 662. The van der Waals surface area contributed by atoms with Crippen LogP contribution in [0.1, 0.15) is 27.7 Å². The number of allylic oxidation sites excluding steroid dienone is 3. The molecule has 1 nitrogen and oxygen atoms in total. The van der Waals surface area contributed by atoms with Crippen molar-refractivity contribution in [2.75, 3.05) is 0 Å². The summed E-state index contributed by atoms with van der Waals surface area (Å²) < 4.78 is 5.79. The van der Waals surface area contributed by atoms with E-state index in [-0.39, 0.29) is 0 Å². The molecule has 1 aromatic heterocycles. The molecule has 0 aliphatic carbocycles. The molecule has 0 amide bonds. The molecule has 0 atom stereocenters. The van der Waals surface area contributed by atoms with Gasteiger partial charge in [0, 0.05) is 10.4 Å². The molecule has 0 fully saturated rings. The van der Waals surface area contributed by atoms with Crippen LogP contribution in [-0.2, 0) is 0 Å². The van der Waals surface area contributed by atoms with Gasteiger partial charge < -0.3 is 4.42 Å². The first-order valence-corrected chi connectivity index (χ1v) is 5.74. The van der Waals surface area contributed by atoms with E-state index in [0.717, 1.165) is 21.3 Å². The minimum Gasteiger partial charge on any atom is -0.456 e. The average Bonchev–Trinajstić information content (AvgIpc) is 2.55. The predicted octanol–water partition coefficient (Wildman–Crippen LogP) is 1.59. The van der Waals surface area contributed by atoms with Crippen LogP contribution < -0.4 is 21.3 Å². The van der Waals surface area contributed by atoms with E-state index in [1.807, 2.05) is 25.2 Å². The molecule has 0 saturated heterocycles.